The summed E-state index contributed by atoms with van der Waals surface area (Å²) in [4.78, 5) is 0.309. The van der Waals surface area contributed by atoms with Gasteiger partial charge in [-0.3, -0.25) is 0 Å². The maximum absolute atomic E-state index is 11.5. The topological polar surface area (TPSA) is 54.4 Å². The lowest BCUT2D eigenvalue weighted by Gasteiger charge is -2.11. The first-order chi connectivity index (χ1) is 10.7. The molecule has 0 atom stereocenters. The molecule has 0 bridgehead atoms. The van der Waals surface area contributed by atoms with Crippen molar-refractivity contribution in [3.63, 3.8) is 0 Å². The number of aromatic hydroxyl groups is 1. The molecule has 0 saturated carbocycles. The molecule has 0 amide bonds. The molecule has 0 heterocycles. The maximum atomic E-state index is 11.5. The van der Waals surface area contributed by atoms with E-state index >= 15 is 0 Å². The summed E-state index contributed by atoms with van der Waals surface area (Å²) in [5, 5.41) is 9.43. The van der Waals surface area contributed by atoms with E-state index in [1.807, 2.05) is 42.5 Å². The van der Waals surface area contributed by atoms with E-state index in [0.29, 0.717) is 10.5 Å². The zero-order valence-electron chi connectivity index (χ0n) is 11.6. The van der Waals surface area contributed by atoms with Gasteiger partial charge in [-0.1, -0.05) is 54.6 Å². The first kappa shape index (κ1) is 14.4. The Hall–Kier alpha value is -2.59. The average molecular weight is 310 g/mol. The fourth-order valence-corrected chi connectivity index (χ4v) is 3.07. The highest BCUT2D eigenvalue weighted by molar-refractivity contribution is 7.72. The zero-order chi connectivity index (χ0) is 15.5. The molecular formula is C18H14O3S. The van der Waals surface area contributed by atoms with Crippen molar-refractivity contribution < 1.29 is 13.5 Å². The molecule has 3 aromatic rings. The zero-order valence-corrected chi connectivity index (χ0v) is 12.5. The smallest absolute Gasteiger partial charge is 0.168 e. The number of hydrogen-bond acceptors (Lipinski definition) is 3. The molecule has 22 heavy (non-hydrogen) atoms. The van der Waals surface area contributed by atoms with Crippen LogP contribution in [0.2, 0.25) is 0 Å². The van der Waals surface area contributed by atoms with Crippen LogP contribution >= 0.6 is 0 Å². The van der Waals surface area contributed by atoms with Crippen LogP contribution < -0.4 is 0 Å². The van der Waals surface area contributed by atoms with Crippen molar-refractivity contribution in [3.05, 3.63) is 72.8 Å². The van der Waals surface area contributed by atoms with E-state index in [4.69, 9.17) is 0 Å². The lowest BCUT2D eigenvalue weighted by molar-refractivity contribution is 0.475. The molecule has 0 aromatic heterocycles. The minimum absolute atomic E-state index is 0.198. The van der Waals surface area contributed by atoms with Crippen LogP contribution in [0.4, 0.5) is 0 Å². The Morgan fingerprint density at radius 2 is 1.18 bits per heavy atom. The van der Waals surface area contributed by atoms with Gasteiger partial charge in [-0.05, 0) is 34.9 Å². The van der Waals surface area contributed by atoms with Gasteiger partial charge >= 0.3 is 0 Å². The molecule has 3 rings (SSSR count). The van der Waals surface area contributed by atoms with Crippen molar-refractivity contribution in [1.29, 1.82) is 0 Å². The van der Waals surface area contributed by atoms with Crippen LogP contribution in [0.1, 0.15) is 0 Å². The van der Waals surface area contributed by atoms with Crippen LogP contribution in [0, 0.1) is 0 Å². The van der Waals surface area contributed by atoms with Crippen LogP contribution in [-0.2, 0) is 10.7 Å². The molecule has 4 heteroatoms. The van der Waals surface area contributed by atoms with E-state index in [0.717, 1.165) is 16.7 Å². The third-order valence-corrected chi connectivity index (χ3v) is 4.28. The number of phenols is 1. The van der Waals surface area contributed by atoms with Crippen molar-refractivity contribution in [2.75, 3.05) is 0 Å². The summed E-state index contributed by atoms with van der Waals surface area (Å²) in [5.41, 5.74) is 3.38. The highest BCUT2D eigenvalue weighted by Crippen LogP contribution is 2.34. The highest BCUT2D eigenvalue weighted by atomic mass is 32.2. The van der Waals surface area contributed by atoms with Gasteiger partial charge in [0.25, 0.3) is 0 Å². The third kappa shape index (κ3) is 2.73. The number of rotatable bonds is 3. The average Bonchev–Trinajstić information content (AvgIpc) is 2.55. The molecule has 0 saturated heterocycles. The van der Waals surface area contributed by atoms with Crippen molar-refractivity contribution in [2.45, 2.75) is 4.90 Å². The second-order valence-electron chi connectivity index (χ2n) is 4.87. The van der Waals surface area contributed by atoms with E-state index < -0.39 is 10.7 Å². The number of benzene rings is 3. The Morgan fingerprint density at radius 1 is 0.636 bits per heavy atom. The number of hydrogen-bond donors (Lipinski definition) is 2. The van der Waals surface area contributed by atoms with Crippen LogP contribution in [0.25, 0.3) is 22.3 Å². The predicted molar refractivity (Wildman–Crippen MR) is 87.6 cm³/mol. The fraction of sp³-hybridized carbons (Fsp3) is 0. The van der Waals surface area contributed by atoms with Crippen LogP contribution in [0.15, 0.2) is 77.7 Å². The monoisotopic (exact) mass is 310 g/mol. The first-order valence-corrected chi connectivity index (χ1v) is 7.97. The summed E-state index contributed by atoms with van der Waals surface area (Å²) >= 11 is 0. The first-order valence-electron chi connectivity index (χ1n) is 6.79. The molecule has 110 valence electrons. The molecule has 3 aromatic carbocycles. The predicted octanol–water partition coefficient (Wildman–Crippen LogP) is 3.70. The van der Waals surface area contributed by atoms with Gasteiger partial charge in [0.2, 0.25) is 0 Å². The number of phenolic OH excluding ortho intramolecular Hbond substituents is 1. The van der Waals surface area contributed by atoms with Gasteiger partial charge < -0.3 is 5.11 Å². The second-order valence-corrected chi connectivity index (χ2v) is 5.86. The summed E-state index contributed by atoms with van der Waals surface area (Å²) in [6, 6.07) is 21.4. The van der Waals surface area contributed by atoms with Gasteiger partial charge in [0.05, 0.1) is 4.90 Å². The Kier molecular flexibility index (Phi) is 3.94. The summed E-state index contributed by atoms with van der Waals surface area (Å²) in [5.74, 6) is 0.198. The lowest BCUT2D eigenvalue weighted by Crippen LogP contribution is -1.90. The van der Waals surface area contributed by atoms with E-state index in [1.165, 1.54) is 0 Å². The van der Waals surface area contributed by atoms with E-state index in [9.17, 15) is 13.5 Å². The second kappa shape index (κ2) is 6.03. The quantitative estimate of drug-likeness (QED) is 0.725. The molecule has 0 aliphatic carbocycles. The largest absolute Gasteiger partial charge is 0.508 e. The van der Waals surface area contributed by atoms with Gasteiger partial charge in [-0.25, -0.2) is 8.42 Å². The highest BCUT2D eigenvalue weighted by Gasteiger charge is 2.11. The van der Waals surface area contributed by atoms with Gasteiger partial charge in [-0.2, -0.15) is 0 Å². The van der Waals surface area contributed by atoms with Crippen LogP contribution in [0.3, 0.4) is 0 Å². The standard InChI is InChI=1S/C18H14O3S/c19-14-11-9-13(10-12-14)15-5-1-2-6-16(15)17-7-3-4-8-18(17)22(20)21/h1-12,19,22H. The Morgan fingerprint density at radius 3 is 1.82 bits per heavy atom. The molecule has 0 radical (unpaired) electrons. The Balaban J connectivity index is 2.24. The molecule has 0 aliphatic heterocycles. The molecular weight excluding hydrogens is 296 g/mol. The Bertz CT molecular complexity index is 873. The number of thiol groups is 1. The Labute approximate surface area is 130 Å². The van der Waals surface area contributed by atoms with Gasteiger partial charge in [0, 0.05) is 5.56 Å². The van der Waals surface area contributed by atoms with E-state index in [1.54, 1.807) is 30.3 Å². The third-order valence-electron chi connectivity index (χ3n) is 3.50. The minimum Gasteiger partial charge on any atom is -0.508 e. The van der Waals surface area contributed by atoms with Gasteiger partial charge in [0.1, 0.15) is 5.75 Å². The minimum atomic E-state index is -2.67. The van der Waals surface area contributed by atoms with Crippen LogP contribution in [-0.4, -0.2) is 13.5 Å². The van der Waals surface area contributed by atoms with Crippen molar-refractivity contribution in [3.8, 4) is 28.0 Å². The molecule has 3 nitrogen and oxygen atoms in total. The summed E-state index contributed by atoms with van der Waals surface area (Å²) in [6.07, 6.45) is 0. The van der Waals surface area contributed by atoms with Gasteiger partial charge in [0.15, 0.2) is 10.7 Å². The van der Waals surface area contributed by atoms with Crippen LogP contribution in [0.5, 0.6) is 5.75 Å². The summed E-state index contributed by atoms with van der Waals surface area (Å²) in [6.45, 7) is 0. The van der Waals surface area contributed by atoms with Gasteiger partial charge in [-0.15, -0.1) is 0 Å². The normalized spacial score (nSPS) is 10.8. The maximum Gasteiger partial charge on any atom is 0.168 e. The van der Waals surface area contributed by atoms with Crippen molar-refractivity contribution in [1.82, 2.24) is 0 Å². The summed E-state index contributed by atoms with van der Waals surface area (Å²) in [7, 11) is -2.67. The molecule has 0 fully saturated rings. The molecule has 0 spiro atoms. The van der Waals surface area contributed by atoms with Crippen molar-refractivity contribution in [2.24, 2.45) is 0 Å². The summed E-state index contributed by atoms with van der Waals surface area (Å²) < 4.78 is 23.0. The molecule has 1 N–H and O–H groups in total. The van der Waals surface area contributed by atoms with Crippen molar-refractivity contribution >= 4 is 10.7 Å². The lowest BCUT2D eigenvalue weighted by atomic mass is 9.94. The SMILES string of the molecule is O=[SH](=O)c1ccccc1-c1ccccc1-c1ccc(O)cc1. The fourth-order valence-electron chi connectivity index (χ4n) is 2.47. The molecule has 0 unspecified atom stereocenters. The molecule has 0 aliphatic rings. The van der Waals surface area contributed by atoms with E-state index in [-0.39, 0.29) is 5.75 Å². The van der Waals surface area contributed by atoms with E-state index in [2.05, 4.69) is 0 Å².